The van der Waals surface area contributed by atoms with Crippen molar-refractivity contribution in [1.82, 2.24) is 4.90 Å². The van der Waals surface area contributed by atoms with Gasteiger partial charge in [-0.1, -0.05) is 71.9 Å². The van der Waals surface area contributed by atoms with Crippen LogP contribution in [0, 0.1) is 0 Å². The second-order valence-corrected chi connectivity index (χ2v) is 9.16. The van der Waals surface area contributed by atoms with Crippen molar-refractivity contribution in [3.05, 3.63) is 90.0 Å². The molecule has 1 fully saturated rings. The summed E-state index contributed by atoms with van der Waals surface area (Å²) in [6.07, 6.45) is 2.91. The van der Waals surface area contributed by atoms with Crippen LogP contribution < -0.4 is 4.74 Å². The van der Waals surface area contributed by atoms with Gasteiger partial charge in [0.25, 0.3) is 0 Å². The van der Waals surface area contributed by atoms with Crippen LogP contribution in [-0.4, -0.2) is 55.5 Å². The van der Waals surface area contributed by atoms with Crippen LogP contribution in [0.25, 0.3) is 11.1 Å². The number of hydrogen-bond donors (Lipinski definition) is 0. The van der Waals surface area contributed by atoms with Gasteiger partial charge >= 0.3 is 5.97 Å². The lowest BCUT2D eigenvalue weighted by Gasteiger charge is -2.25. The zero-order chi connectivity index (χ0) is 25.9. The molecular formula is C31H36N2O4. The summed E-state index contributed by atoms with van der Waals surface area (Å²) < 4.78 is 11.1. The highest BCUT2D eigenvalue weighted by Crippen LogP contribution is 2.21. The maximum atomic E-state index is 12.5. The van der Waals surface area contributed by atoms with Crippen LogP contribution in [0.15, 0.2) is 84.0 Å². The lowest BCUT2D eigenvalue weighted by atomic mass is 10.0. The van der Waals surface area contributed by atoms with E-state index in [4.69, 9.17) is 14.3 Å². The summed E-state index contributed by atoms with van der Waals surface area (Å²) in [6, 6.07) is 26.3. The second-order valence-electron chi connectivity index (χ2n) is 9.16. The van der Waals surface area contributed by atoms with Crippen molar-refractivity contribution in [2.75, 3.05) is 32.9 Å². The van der Waals surface area contributed by atoms with Crippen LogP contribution in [0.1, 0.15) is 37.8 Å². The zero-order valence-electron chi connectivity index (χ0n) is 21.8. The maximum Gasteiger partial charge on any atom is 0.323 e. The molecule has 194 valence electrons. The molecule has 0 spiro atoms. The molecule has 3 aromatic carbocycles. The molecule has 0 radical (unpaired) electrons. The second kappa shape index (κ2) is 13.6. The number of oxime groups is 1. The van der Waals surface area contributed by atoms with Gasteiger partial charge in [-0.15, -0.1) is 0 Å². The standard InChI is InChI=1S/C31H36N2O4/c1-3-35-31(34)30(33-19-7-8-20-33)23-25-11-17-29(18-12-25)36-21-22-37-32-24(2)26-13-15-28(16-14-26)27-9-5-4-6-10-27/h4-6,9-18,30H,3,7-8,19-23H2,1-2H3. The van der Waals surface area contributed by atoms with Crippen molar-refractivity contribution in [3.8, 4) is 16.9 Å². The fraction of sp³-hybridized carbons (Fsp3) is 0.355. The topological polar surface area (TPSA) is 60.4 Å². The van der Waals surface area contributed by atoms with Crippen LogP contribution in [0.5, 0.6) is 5.75 Å². The predicted molar refractivity (Wildman–Crippen MR) is 147 cm³/mol. The van der Waals surface area contributed by atoms with E-state index in [2.05, 4.69) is 46.5 Å². The van der Waals surface area contributed by atoms with Crippen molar-refractivity contribution in [3.63, 3.8) is 0 Å². The number of ether oxygens (including phenoxy) is 2. The Morgan fingerprint density at radius 3 is 2.24 bits per heavy atom. The summed E-state index contributed by atoms with van der Waals surface area (Å²) in [7, 11) is 0. The molecule has 1 heterocycles. The lowest BCUT2D eigenvalue weighted by molar-refractivity contribution is -0.149. The van der Waals surface area contributed by atoms with Gasteiger partial charge in [0.05, 0.1) is 12.3 Å². The molecule has 0 N–H and O–H groups in total. The third-order valence-corrected chi connectivity index (χ3v) is 6.55. The average molecular weight is 501 g/mol. The van der Waals surface area contributed by atoms with Gasteiger partial charge in [0.2, 0.25) is 0 Å². The van der Waals surface area contributed by atoms with E-state index in [9.17, 15) is 4.79 Å². The molecule has 1 saturated heterocycles. The Morgan fingerprint density at radius 1 is 0.892 bits per heavy atom. The van der Waals surface area contributed by atoms with E-state index < -0.39 is 0 Å². The molecule has 4 rings (SSSR count). The molecule has 0 aliphatic carbocycles. The minimum absolute atomic E-state index is 0.134. The Balaban J connectivity index is 1.22. The van der Waals surface area contributed by atoms with Crippen LogP contribution in [0.2, 0.25) is 0 Å². The third-order valence-electron chi connectivity index (χ3n) is 6.55. The number of likely N-dealkylation sites (tertiary alicyclic amines) is 1. The molecule has 0 bridgehead atoms. The van der Waals surface area contributed by atoms with Gasteiger partial charge < -0.3 is 14.3 Å². The summed E-state index contributed by atoms with van der Waals surface area (Å²) in [5.74, 6) is 0.628. The van der Waals surface area contributed by atoms with E-state index in [0.29, 0.717) is 26.2 Å². The number of esters is 1. The van der Waals surface area contributed by atoms with Crippen molar-refractivity contribution in [2.24, 2.45) is 5.16 Å². The minimum atomic E-state index is -0.224. The highest BCUT2D eigenvalue weighted by molar-refractivity contribution is 5.98. The summed E-state index contributed by atoms with van der Waals surface area (Å²) in [4.78, 5) is 20.2. The van der Waals surface area contributed by atoms with Gasteiger partial charge in [0.1, 0.15) is 18.4 Å². The Hall–Kier alpha value is -3.64. The number of benzene rings is 3. The van der Waals surface area contributed by atoms with Gasteiger partial charge in [-0.3, -0.25) is 9.69 Å². The first-order valence-corrected chi connectivity index (χ1v) is 13.1. The Labute approximate surface area is 219 Å². The van der Waals surface area contributed by atoms with Crippen LogP contribution in [0.3, 0.4) is 0 Å². The smallest absolute Gasteiger partial charge is 0.323 e. The number of nitrogens with zero attached hydrogens (tertiary/aromatic N) is 2. The number of carbonyl (C=O) groups is 1. The maximum absolute atomic E-state index is 12.5. The third kappa shape index (κ3) is 7.67. The van der Waals surface area contributed by atoms with Gasteiger partial charge in [-0.2, -0.15) is 0 Å². The minimum Gasteiger partial charge on any atom is -0.490 e. The number of rotatable bonds is 12. The van der Waals surface area contributed by atoms with E-state index in [0.717, 1.165) is 48.5 Å². The summed E-state index contributed by atoms with van der Waals surface area (Å²) in [5, 5.41) is 4.23. The van der Waals surface area contributed by atoms with E-state index in [-0.39, 0.29) is 12.0 Å². The average Bonchev–Trinajstić information content (AvgIpc) is 3.47. The molecule has 1 aliphatic rings. The van der Waals surface area contributed by atoms with Gasteiger partial charge in [-0.25, -0.2) is 0 Å². The number of carbonyl (C=O) groups excluding carboxylic acids is 1. The SMILES string of the molecule is CCOC(=O)C(Cc1ccc(OCCON=C(C)c2ccc(-c3ccccc3)cc2)cc1)N1CCCC1. The van der Waals surface area contributed by atoms with Gasteiger partial charge in [0, 0.05) is 0 Å². The van der Waals surface area contributed by atoms with E-state index in [1.165, 1.54) is 11.1 Å². The van der Waals surface area contributed by atoms with Crippen molar-refractivity contribution in [2.45, 2.75) is 39.2 Å². The zero-order valence-corrected chi connectivity index (χ0v) is 21.8. The van der Waals surface area contributed by atoms with Crippen LogP contribution >= 0.6 is 0 Å². The summed E-state index contributed by atoms with van der Waals surface area (Å²) in [5.41, 5.74) is 5.29. The molecule has 1 unspecified atom stereocenters. The highest BCUT2D eigenvalue weighted by Gasteiger charge is 2.29. The monoisotopic (exact) mass is 500 g/mol. The normalized spacial score (nSPS) is 14.8. The lowest BCUT2D eigenvalue weighted by Crippen LogP contribution is -2.42. The molecule has 6 nitrogen and oxygen atoms in total. The Kier molecular flexibility index (Phi) is 9.72. The van der Waals surface area contributed by atoms with E-state index in [1.807, 2.05) is 56.3 Å². The molecule has 1 aliphatic heterocycles. The van der Waals surface area contributed by atoms with Crippen molar-refractivity contribution in [1.29, 1.82) is 0 Å². The number of hydrogen-bond acceptors (Lipinski definition) is 6. The van der Waals surface area contributed by atoms with Crippen LogP contribution in [0.4, 0.5) is 0 Å². The summed E-state index contributed by atoms with van der Waals surface area (Å²) in [6.45, 7) is 6.83. The fourth-order valence-corrected chi connectivity index (χ4v) is 4.52. The molecule has 6 heteroatoms. The first-order chi connectivity index (χ1) is 18.1. The molecule has 3 aromatic rings. The predicted octanol–water partition coefficient (Wildman–Crippen LogP) is 5.74. The fourth-order valence-electron chi connectivity index (χ4n) is 4.52. The quantitative estimate of drug-likeness (QED) is 0.137. The van der Waals surface area contributed by atoms with Crippen molar-refractivity contribution < 1.29 is 19.1 Å². The van der Waals surface area contributed by atoms with Gasteiger partial charge in [-0.05, 0) is 80.6 Å². The Morgan fingerprint density at radius 2 is 1.57 bits per heavy atom. The van der Waals surface area contributed by atoms with Crippen LogP contribution in [-0.2, 0) is 20.8 Å². The van der Waals surface area contributed by atoms with E-state index in [1.54, 1.807) is 0 Å². The largest absolute Gasteiger partial charge is 0.490 e. The first kappa shape index (κ1) is 26.4. The first-order valence-electron chi connectivity index (χ1n) is 13.1. The molecule has 1 atom stereocenters. The van der Waals surface area contributed by atoms with Crippen molar-refractivity contribution >= 4 is 11.7 Å². The highest BCUT2D eigenvalue weighted by atomic mass is 16.6. The molecule has 0 amide bonds. The molecule has 0 saturated carbocycles. The molecule has 37 heavy (non-hydrogen) atoms. The summed E-state index contributed by atoms with van der Waals surface area (Å²) >= 11 is 0. The molecule has 0 aromatic heterocycles. The van der Waals surface area contributed by atoms with Gasteiger partial charge in [0.15, 0.2) is 6.61 Å². The van der Waals surface area contributed by atoms with E-state index >= 15 is 0 Å². The Bertz CT molecular complexity index is 1140. The molecular weight excluding hydrogens is 464 g/mol.